The number of benzene rings is 1. The van der Waals surface area contributed by atoms with E-state index in [1.54, 1.807) is 24.8 Å². The zero-order chi connectivity index (χ0) is 27.9. The molecule has 41 heavy (non-hydrogen) atoms. The Labute approximate surface area is 234 Å². The molecule has 10 heteroatoms. The van der Waals surface area contributed by atoms with Crippen LogP contribution in [0.2, 0.25) is 0 Å². The monoisotopic (exact) mass is 546 g/mol. The van der Waals surface area contributed by atoms with Gasteiger partial charge in [0, 0.05) is 29.4 Å². The van der Waals surface area contributed by atoms with Crippen molar-refractivity contribution in [1.82, 2.24) is 35.1 Å². The highest BCUT2D eigenvalue weighted by molar-refractivity contribution is 5.96. The number of fused-ring (bicyclic) bond motifs is 2. The number of carbonyl (C=O) groups excluding carboxylic acids is 1. The van der Waals surface area contributed by atoms with Gasteiger partial charge in [-0.25, -0.2) is 14.4 Å². The standard InChI is InChI=1S/C31H27FN8O/c1-17-9-19(11-21(32)10-17)23-15-34-16-26-27(23)38-30(37-26)29-28-25(39-40-29)8-7-24(36-28)20-12-22(14-33-13-20)35-31(41)18-5-3-2-4-6-18/h7-16,18H,2-6H2,1H3,(H,35,41)(H,37,38)(H,39,40). The van der Waals surface area contributed by atoms with Gasteiger partial charge in [0.25, 0.3) is 0 Å². The molecule has 5 aromatic heterocycles. The van der Waals surface area contributed by atoms with Crippen LogP contribution in [-0.2, 0) is 4.79 Å². The quantitative estimate of drug-likeness (QED) is 0.224. The molecule has 0 unspecified atom stereocenters. The molecule has 0 bridgehead atoms. The number of pyridine rings is 3. The van der Waals surface area contributed by atoms with Crippen molar-refractivity contribution in [2.75, 3.05) is 5.32 Å². The van der Waals surface area contributed by atoms with Crippen molar-refractivity contribution in [3.8, 4) is 33.9 Å². The fourth-order valence-electron chi connectivity index (χ4n) is 5.63. The Bertz CT molecular complexity index is 1900. The van der Waals surface area contributed by atoms with Gasteiger partial charge in [0.1, 0.15) is 11.3 Å². The molecule has 1 aliphatic carbocycles. The molecule has 1 amide bonds. The van der Waals surface area contributed by atoms with Crippen LogP contribution in [0.5, 0.6) is 0 Å². The average Bonchev–Trinajstić information content (AvgIpc) is 3.61. The number of aromatic nitrogens is 7. The highest BCUT2D eigenvalue weighted by atomic mass is 19.1. The van der Waals surface area contributed by atoms with Crippen LogP contribution in [0, 0.1) is 18.7 Å². The lowest BCUT2D eigenvalue weighted by molar-refractivity contribution is -0.120. The van der Waals surface area contributed by atoms with Gasteiger partial charge < -0.3 is 10.3 Å². The Kier molecular flexibility index (Phi) is 6.22. The second-order valence-electron chi connectivity index (χ2n) is 10.6. The first kappa shape index (κ1) is 25.0. The average molecular weight is 547 g/mol. The summed E-state index contributed by atoms with van der Waals surface area (Å²) in [5.74, 6) is 0.316. The molecule has 5 heterocycles. The summed E-state index contributed by atoms with van der Waals surface area (Å²) >= 11 is 0. The molecule has 0 atom stereocenters. The number of hydrogen-bond acceptors (Lipinski definition) is 6. The molecule has 9 nitrogen and oxygen atoms in total. The van der Waals surface area contributed by atoms with Gasteiger partial charge in [-0.05, 0) is 61.2 Å². The Hall–Kier alpha value is -4.99. The molecule has 0 aliphatic heterocycles. The summed E-state index contributed by atoms with van der Waals surface area (Å²) in [6, 6.07) is 10.6. The maximum atomic E-state index is 14.2. The van der Waals surface area contributed by atoms with Gasteiger partial charge in [-0.2, -0.15) is 5.10 Å². The largest absolute Gasteiger partial charge is 0.335 e. The van der Waals surface area contributed by atoms with E-state index >= 15 is 0 Å². The summed E-state index contributed by atoms with van der Waals surface area (Å²) < 4.78 is 14.2. The topological polar surface area (TPSA) is 125 Å². The normalized spacial score (nSPS) is 14.1. The summed E-state index contributed by atoms with van der Waals surface area (Å²) in [5.41, 5.74) is 7.66. The summed E-state index contributed by atoms with van der Waals surface area (Å²) in [4.78, 5) is 34.5. The van der Waals surface area contributed by atoms with E-state index in [1.807, 2.05) is 31.2 Å². The number of imidazole rings is 1. The third-order valence-electron chi connectivity index (χ3n) is 7.66. The number of aromatic amines is 2. The Morgan fingerprint density at radius 3 is 2.61 bits per heavy atom. The number of anilines is 1. The summed E-state index contributed by atoms with van der Waals surface area (Å²) in [7, 11) is 0. The minimum Gasteiger partial charge on any atom is -0.335 e. The van der Waals surface area contributed by atoms with Crippen LogP contribution >= 0.6 is 0 Å². The molecule has 6 aromatic rings. The number of carbonyl (C=O) groups is 1. The van der Waals surface area contributed by atoms with Gasteiger partial charge in [-0.3, -0.25) is 19.9 Å². The zero-order valence-corrected chi connectivity index (χ0v) is 22.4. The lowest BCUT2D eigenvalue weighted by Crippen LogP contribution is -2.24. The molecule has 1 aromatic carbocycles. The molecule has 7 rings (SSSR count). The molecule has 0 spiro atoms. The SMILES string of the molecule is Cc1cc(F)cc(-c2cncc3[nH]c(-c4n[nH]c5ccc(-c6cncc(NC(=O)C7CCCCC7)c6)nc45)nc23)c1. The first-order chi connectivity index (χ1) is 20.0. The predicted molar refractivity (Wildman–Crippen MR) is 155 cm³/mol. The van der Waals surface area contributed by atoms with E-state index in [2.05, 4.69) is 30.5 Å². The van der Waals surface area contributed by atoms with Crippen LogP contribution in [0.3, 0.4) is 0 Å². The first-order valence-corrected chi connectivity index (χ1v) is 13.7. The smallest absolute Gasteiger partial charge is 0.227 e. The van der Waals surface area contributed by atoms with Crippen LogP contribution in [0.25, 0.3) is 56.0 Å². The van der Waals surface area contributed by atoms with Crippen LogP contribution in [-0.4, -0.2) is 41.0 Å². The fraction of sp³-hybridized carbons (Fsp3) is 0.226. The maximum Gasteiger partial charge on any atom is 0.227 e. The summed E-state index contributed by atoms with van der Waals surface area (Å²) in [6.45, 7) is 1.85. The van der Waals surface area contributed by atoms with Crippen molar-refractivity contribution in [3.05, 3.63) is 72.6 Å². The summed E-state index contributed by atoms with van der Waals surface area (Å²) in [6.07, 6.45) is 12.0. The molecule has 204 valence electrons. The number of rotatable bonds is 5. The molecule has 1 aliphatic rings. The van der Waals surface area contributed by atoms with Crippen LogP contribution < -0.4 is 5.32 Å². The maximum absolute atomic E-state index is 14.2. The van der Waals surface area contributed by atoms with Crippen molar-refractivity contribution in [3.63, 3.8) is 0 Å². The van der Waals surface area contributed by atoms with Crippen LogP contribution in [0.1, 0.15) is 37.7 Å². The predicted octanol–water partition coefficient (Wildman–Crippen LogP) is 6.59. The number of aryl methyl sites for hydroxylation is 1. The van der Waals surface area contributed by atoms with Gasteiger partial charge in [-0.15, -0.1) is 0 Å². The molecule has 0 saturated heterocycles. The molecule has 1 saturated carbocycles. The van der Waals surface area contributed by atoms with Gasteiger partial charge in [0.2, 0.25) is 5.91 Å². The highest BCUT2D eigenvalue weighted by Gasteiger charge is 2.22. The minimum absolute atomic E-state index is 0.0522. The van der Waals surface area contributed by atoms with Crippen molar-refractivity contribution in [2.24, 2.45) is 5.92 Å². The van der Waals surface area contributed by atoms with E-state index < -0.39 is 0 Å². The molecule has 3 N–H and O–H groups in total. The van der Waals surface area contributed by atoms with E-state index in [9.17, 15) is 9.18 Å². The number of H-pyrrole nitrogens is 2. The molecule has 1 fully saturated rings. The first-order valence-electron chi connectivity index (χ1n) is 13.7. The van der Waals surface area contributed by atoms with Crippen molar-refractivity contribution >= 4 is 33.7 Å². The van der Waals surface area contributed by atoms with E-state index in [0.29, 0.717) is 45.0 Å². The fourth-order valence-corrected chi connectivity index (χ4v) is 5.63. The second kappa shape index (κ2) is 10.2. The Morgan fingerprint density at radius 2 is 1.76 bits per heavy atom. The van der Waals surface area contributed by atoms with Crippen molar-refractivity contribution in [2.45, 2.75) is 39.0 Å². The van der Waals surface area contributed by atoms with E-state index in [1.165, 1.54) is 18.6 Å². The van der Waals surface area contributed by atoms with Crippen molar-refractivity contribution < 1.29 is 9.18 Å². The summed E-state index contributed by atoms with van der Waals surface area (Å²) in [5, 5.41) is 10.6. The lowest BCUT2D eigenvalue weighted by Gasteiger charge is -2.20. The Morgan fingerprint density at radius 1 is 0.902 bits per heavy atom. The molecular weight excluding hydrogens is 519 g/mol. The van der Waals surface area contributed by atoms with Gasteiger partial charge in [-0.1, -0.05) is 25.3 Å². The Balaban J connectivity index is 1.23. The third-order valence-corrected chi connectivity index (χ3v) is 7.66. The van der Waals surface area contributed by atoms with Crippen LogP contribution in [0.4, 0.5) is 10.1 Å². The van der Waals surface area contributed by atoms with E-state index in [0.717, 1.165) is 47.9 Å². The van der Waals surface area contributed by atoms with Crippen molar-refractivity contribution in [1.29, 1.82) is 0 Å². The number of halogens is 1. The number of nitrogens with zero attached hydrogens (tertiary/aromatic N) is 5. The van der Waals surface area contributed by atoms with E-state index in [-0.39, 0.29) is 17.6 Å². The van der Waals surface area contributed by atoms with Gasteiger partial charge in [0.15, 0.2) is 11.5 Å². The molecular formula is C31H27FN8O. The van der Waals surface area contributed by atoms with E-state index in [4.69, 9.17) is 9.97 Å². The highest BCUT2D eigenvalue weighted by Crippen LogP contribution is 2.32. The molecule has 0 radical (unpaired) electrons. The number of hydrogen-bond donors (Lipinski definition) is 3. The second-order valence-corrected chi connectivity index (χ2v) is 10.6. The number of nitrogens with one attached hydrogen (secondary N) is 3. The van der Waals surface area contributed by atoms with Gasteiger partial charge >= 0.3 is 0 Å². The lowest BCUT2D eigenvalue weighted by atomic mass is 9.88. The third kappa shape index (κ3) is 4.82. The number of amides is 1. The minimum atomic E-state index is -0.310. The zero-order valence-electron chi connectivity index (χ0n) is 22.4. The van der Waals surface area contributed by atoms with Crippen LogP contribution in [0.15, 0.2) is 61.2 Å². The van der Waals surface area contributed by atoms with Gasteiger partial charge in [0.05, 0.1) is 40.3 Å².